The van der Waals surface area contributed by atoms with Crippen LogP contribution in [-0.4, -0.2) is 30.1 Å². The summed E-state index contributed by atoms with van der Waals surface area (Å²) in [4.78, 5) is 23.6. The van der Waals surface area contributed by atoms with Crippen LogP contribution in [0.25, 0.3) is 0 Å². The summed E-state index contributed by atoms with van der Waals surface area (Å²) in [5, 5.41) is 13.8. The molecule has 1 aromatic rings. The monoisotopic (exact) mass is 328 g/mol. The summed E-state index contributed by atoms with van der Waals surface area (Å²) in [5.74, 6) is -3.58. The average Bonchev–Trinajstić information content (AvgIpc) is 2.50. The lowest BCUT2D eigenvalue weighted by Gasteiger charge is -2.31. The molecule has 0 aliphatic rings. The van der Waals surface area contributed by atoms with Crippen molar-refractivity contribution in [3.05, 3.63) is 29.8 Å². The number of carbonyl (C=O) groups is 2. The van der Waals surface area contributed by atoms with Crippen molar-refractivity contribution in [2.75, 3.05) is 18.5 Å². The summed E-state index contributed by atoms with van der Waals surface area (Å²) in [6.07, 6.45) is 1.99. The molecule has 3 N–H and O–H groups in total. The highest BCUT2D eigenvalue weighted by molar-refractivity contribution is 6.39. The highest BCUT2D eigenvalue weighted by Crippen LogP contribution is 2.29. The minimum absolute atomic E-state index is 0.00762. The molecule has 0 aromatic heterocycles. The van der Waals surface area contributed by atoms with Crippen LogP contribution >= 0.6 is 0 Å². The van der Waals surface area contributed by atoms with Gasteiger partial charge in [0.05, 0.1) is 0 Å². The molecule has 7 heteroatoms. The Labute approximate surface area is 134 Å². The minimum atomic E-state index is -1.000. The molecule has 0 fully saturated rings. The van der Waals surface area contributed by atoms with Gasteiger partial charge in [0.2, 0.25) is 0 Å². The number of halogens is 2. The molecule has 0 aliphatic heterocycles. The molecule has 0 saturated heterocycles. The van der Waals surface area contributed by atoms with Gasteiger partial charge in [0.15, 0.2) is 0 Å². The fourth-order valence-electron chi connectivity index (χ4n) is 2.34. The third kappa shape index (κ3) is 5.59. The zero-order valence-electron chi connectivity index (χ0n) is 13.3. The van der Waals surface area contributed by atoms with Crippen LogP contribution < -0.4 is 10.6 Å². The van der Waals surface area contributed by atoms with E-state index < -0.39 is 23.4 Å². The second-order valence-electron chi connectivity index (χ2n) is 5.48. The predicted molar refractivity (Wildman–Crippen MR) is 82.7 cm³/mol. The number of amides is 2. The van der Waals surface area contributed by atoms with Gasteiger partial charge in [0, 0.05) is 24.9 Å². The predicted octanol–water partition coefficient (Wildman–Crippen LogP) is 2.21. The van der Waals surface area contributed by atoms with Crippen LogP contribution in [0.15, 0.2) is 18.2 Å². The number of hydrogen-bond donors (Lipinski definition) is 3. The number of nitrogens with one attached hydrogen (secondary N) is 2. The number of benzene rings is 1. The molecule has 0 heterocycles. The molecule has 1 rings (SSSR count). The summed E-state index contributed by atoms with van der Waals surface area (Å²) in [6, 6.07) is 2.51. The molecule has 23 heavy (non-hydrogen) atoms. The van der Waals surface area contributed by atoms with Crippen LogP contribution in [0.5, 0.6) is 0 Å². The summed E-state index contributed by atoms with van der Waals surface area (Å²) < 4.78 is 26.1. The molecular weight excluding hydrogens is 306 g/mol. The number of aliphatic hydroxyl groups excluding tert-OH is 1. The van der Waals surface area contributed by atoms with E-state index in [-0.39, 0.29) is 24.3 Å². The third-order valence-corrected chi connectivity index (χ3v) is 4.09. The summed E-state index contributed by atoms with van der Waals surface area (Å²) in [6.45, 7) is 4.12. The molecule has 2 amide bonds. The lowest BCUT2D eigenvalue weighted by atomic mass is 9.79. The first-order valence-corrected chi connectivity index (χ1v) is 7.52. The largest absolute Gasteiger partial charge is 0.396 e. The molecule has 5 nitrogen and oxygen atoms in total. The van der Waals surface area contributed by atoms with E-state index in [0.29, 0.717) is 12.5 Å². The molecule has 0 saturated carbocycles. The molecule has 0 aliphatic carbocycles. The van der Waals surface area contributed by atoms with Gasteiger partial charge in [-0.25, -0.2) is 8.78 Å². The first-order valence-electron chi connectivity index (χ1n) is 7.52. The Hall–Kier alpha value is -2.02. The van der Waals surface area contributed by atoms with Crippen molar-refractivity contribution in [2.24, 2.45) is 5.41 Å². The quantitative estimate of drug-likeness (QED) is 0.672. The second kappa shape index (κ2) is 8.57. The fourth-order valence-corrected chi connectivity index (χ4v) is 2.34. The Balaban J connectivity index is 2.65. The van der Waals surface area contributed by atoms with Gasteiger partial charge in [-0.3, -0.25) is 9.59 Å². The van der Waals surface area contributed by atoms with Gasteiger partial charge >= 0.3 is 11.8 Å². The SMILES string of the molecule is CCC(CC)(CCO)CNC(=O)C(=O)Nc1cc(F)cc(F)c1. The van der Waals surface area contributed by atoms with Gasteiger partial charge in [0.25, 0.3) is 0 Å². The maximum atomic E-state index is 13.0. The van der Waals surface area contributed by atoms with Crippen molar-refractivity contribution in [3.8, 4) is 0 Å². The van der Waals surface area contributed by atoms with E-state index in [4.69, 9.17) is 5.11 Å². The normalized spacial score (nSPS) is 11.2. The Morgan fingerprint density at radius 2 is 1.65 bits per heavy atom. The van der Waals surface area contributed by atoms with E-state index in [2.05, 4.69) is 10.6 Å². The number of anilines is 1. The first-order chi connectivity index (χ1) is 10.9. The highest BCUT2D eigenvalue weighted by atomic mass is 19.1. The van der Waals surface area contributed by atoms with Crippen molar-refractivity contribution < 1.29 is 23.5 Å². The Morgan fingerprint density at radius 1 is 1.09 bits per heavy atom. The summed E-state index contributed by atoms with van der Waals surface area (Å²) >= 11 is 0. The number of rotatable bonds is 7. The molecule has 0 radical (unpaired) electrons. The van der Waals surface area contributed by atoms with Crippen LogP contribution in [0.4, 0.5) is 14.5 Å². The lowest BCUT2D eigenvalue weighted by molar-refractivity contribution is -0.136. The van der Waals surface area contributed by atoms with Crippen molar-refractivity contribution in [1.82, 2.24) is 5.32 Å². The van der Waals surface area contributed by atoms with Crippen molar-refractivity contribution in [3.63, 3.8) is 0 Å². The maximum Gasteiger partial charge on any atom is 0.313 e. The zero-order chi connectivity index (χ0) is 17.5. The smallest absolute Gasteiger partial charge is 0.313 e. The average molecular weight is 328 g/mol. The van der Waals surface area contributed by atoms with Gasteiger partial charge in [-0.1, -0.05) is 13.8 Å². The van der Waals surface area contributed by atoms with Crippen LogP contribution in [0.3, 0.4) is 0 Å². The summed E-state index contributed by atoms with van der Waals surface area (Å²) in [5.41, 5.74) is -0.411. The van der Waals surface area contributed by atoms with Gasteiger partial charge < -0.3 is 15.7 Å². The molecule has 128 valence electrons. The third-order valence-electron chi connectivity index (χ3n) is 4.09. The van der Waals surface area contributed by atoms with E-state index in [9.17, 15) is 18.4 Å². The van der Waals surface area contributed by atoms with Gasteiger partial charge in [-0.2, -0.15) is 0 Å². The standard InChI is InChI=1S/C16H22F2N2O3/c1-3-16(4-2,5-6-21)10-19-14(22)15(23)20-13-8-11(17)7-12(18)9-13/h7-9,21H,3-6,10H2,1-2H3,(H,19,22)(H,20,23). The Morgan fingerprint density at radius 3 is 2.13 bits per heavy atom. The Kier molecular flexibility index (Phi) is 7.09. The van der Waals surface area contributed by atoms with Crippen LogP contribution in [0.1, 0.15) is 33.1 Å². The number of aliphatic hydroxyl groups is 1. The van der Waals surface area contributed by atoms with Gasteiger partial charge in [-0.05, 0) is 36.8 Å². The maximum absolute atomic E-state index is 13.0. The number of hydrogen-bond acceptors (Lipinski definition) is 3. The van der Waals surface area contributed by atoms with E-state index in [1.54, 1.807) is 0 Å². The second-order valence-corrected chi connectivity index (χ2v) is 5.48. The van der Waals surface area contributed by atoms with Gasteiger partial charge in [0.1, 0.15) is 11.6 Å². The lowest BCUT2D eigenvalue weighted by Crippen LogP contribution is -2.42. The van der Waals surface area contributed by atoms with Crippen LogP contribution in [0.2, 0.25) is 0 Å². The van der Waals surface area contributed by atoms with Crippen LogP contribution in [0, 0.1) is 17.0 Å². The first kappa shape index (κ1) is 19.0. The molecule has 1 aromatic carbocycles. The summed E-state index contributed by atoms with van der Waals surface area (Å²) in [7, 11) is 0. The Bertz CT molecular complexity index is 540. The van der Waals surface area contributed by atoms with Crippen molar-refractivity contribution in [1.29, 1.82) is 0 Å². The van der Waals surface area contributed by atoms with Crippen molar-refractivity contribution >= 4 is 17.5 Å². The van der Waals surface area contributed by atoms with E-state index >= 15 is 0 Å². The fraction of sp³-hybridized carbons (Fsp3) is 0.500. The van der Waals surface area contributed by atoms with Crippen molar-refractivity contribution in [2.45, 2.75) is 33.1 Å². The van der Waals surface area contributed by atoms with E-state index in [0.717, 1.165) is 25.0 Å². The molecule has 0 spiro atoms. The molecule has 0 atom stereocenters. The molecule has 0 unspecified atom stereocenters. The number of carbonyl (C=O) groups excluding carboxylic acids is 2. The highest BCUT2D eigenvalue weighted by Gasteiger charge is 2.27. The van der Waals surface area contributed by atoms with Gasteiger partial charge in [-0.15, -0.1) is 0 Å². The minimum Gasteiger partial charge on any atom is -0.396 e. The van der Waals surface area contributed by atoms with Crippen LogP contribution in [-0.2, 0) is 9.59 Å². The molecular formula is C16H22F2N2O3. The molecule has 0 bridgehead atoms. The van der Waals surface area contributed by atoms with E-state index in [1.807, 2.05) is 13.8 Å². The van der Waals surface area contributed by atoms with E-state index in [1.165, 1.54) is 0 Å². The topological polar surface area (TPSA) is 78.4 Å². The zero-order valence-corrected chi connectivity index (χ0v) is 13.3.